The van der Waals surface area contributed by atoms with E-state index in [4.69, 9.17) is 0 Å². The Morgan fingerprint density at radius 2 is 2.04 bits per heavy atom. The molecule has 0 saturated heterocycles. The van der Waals surface area contributed by atoms with Crippen LogP contribution in [0.15, 0.2) is 28.6 Å². The number of rotatable bonds is 8. The molecule has 27 heavy (non-hydrogen) atoms. The molecule has 3 rings (SSSR count). The van der Waals surface area contributed by atoms with Crippen molar-refractivity contribution in [2.45, 2.75) is 62.0 Å². The second-order valence-electron chi connectivity index (χ2n) is 7.10. The third-order valence-corrected chi connectivity index (χ3v) is 7.15. The number of thioether (sulfide) groups is 1. The van der Waals surface area contributed by atoms with E-state index in [-0.39, 0.29) is 17.6 Å². The lowest BCUT2D eigenvalue weighted by Crippen LogP contribution is -2.27. The molecule has 1 amide bonds. The maximum Gasteiger partial charge on any atom is 0.229 e. The number of benzene rings is 1. The lowest BCUT2D eigenvalue weighted by Gasteiger charge is -2.27. The molecule has 1 N–H and O–H groups in total. The highest BCUT2D eigenvalue weighted by Crippen LogP contribution is 2.33. The molecule has 0 radical (unpaired) electrons. The zero-order chi connectivity index (χ0) is 19.1. The van der Waals surface area contributed by atoms with Gasteiger partial charge < -0.3 is 5.32 Å². The summed E-state index contributed by atoms with van der Waals surface area (Å²) < 4.78 is 14.4. The first kappa shape index (κ1) is 20.3. The summed E-state index contributed by atoms with van der Waals surface area (Å²) in [6.07, 6.45) is 8.07. The van der Waals surface area contributed by atoms with E-state index < -0.39 is 0 Å². The lowest BCUT2D eigenvalue weighted by atomic mass is 9.79. The van der Waals surface area contributed by atoms with Crippen LogP contribution in [0.3, 0.4) is 0 Å². The number of carbonyl (C=O) groups is 1. The van der Waals surface area contributed by atoms with Crippen molar-refractivity contribution < 1.29 is 9.18 Å². The zero-order valence-electron chi connectivity index (χ0n) is 15.6. The van der Waals surface area contributed by atoms with Crippen molar-refractivity contribution in [1.29, 1.82) is 0 Å². The summed E-state index contributed by atoms with van der Waals surface area (Å²) in [5, 5.41) is 11.6. The third-order valence-electron chi connectivity index (χ3n) is 5.13. The summed E-state index contributed by atoms with van der Waals surface area (Å²) in [5.74, 6) is 1.22. The molecule has 0 spiro atoms. The molecule has 1 heterocycles. The molecule has 7 heteroatoms. The first-order valence-electron chi connectivity index (χ1n) is 9.66. The van der Waals surface area contributed by atoms with Gasteiger partial charge in [0.25, 0.3) is 0 Å². The van der Waals surface area contributed by atoms with Gasteiger partial charge in [0.1, 0.15) is 5.82 Å². The SMILES string of the molecule is CCCCC1CCC(C(=O)Nc2nnc(SCc3ccccc3F)s2)CC1. The fourth-order valence-electron chi connectivity index (χ4n) is 3.49. The Balaban J connectivity index is 1.45. The quantitative estimate of drug-likeness (QED) is 0.437. The van der Waals surface area contributed by atoms with E-state index in [1.165, 1.54) is 48.4 Å². The van der Waals surface area contributed by atoms with Crippen LogP contribution in [0.2, 0.25) is 0 Å². The Kier molecular flexibility index (Phi) is 7.64. The summed E-state index contributed by atoms with van der Waals surface area (Å²) >= 11 is 2.78. The maximum atomic E-state index is 13.7. The van der Waals surface area contributed by atoms with Gasteiger partial charge in [-0.2, -0.15) is 0 Å². The minimum Gasteiger partial charge on any atom is -0.300 e. The Labute approximate surface area is 168 Å². The molecule has 4 nitrogen and oxygen atoms in total. The van der Waals surface area contributed by atoms with Crippen LogP contribution in [0.4, 0.5) is 9.52 Å². The number of nitrogens with one attached hydrogen (secondary N) is 1. The van der Waals surface area contributed by atoms with Crippen LogP contribution < -0.4 is 5.32 Å². The van der Waals surface area contributed by atoms with E-state index >= 15 is 0 Å². The van der Waals surface area contributed by atoms with Crippen LogP contribution in [0.1, 0.15) is 57.4 Å². The molecular formula is C20H26FN3OS2. The Hall–Kier alpha value is -1.47. The fourth-order valence-corrected chi connectivity index (χ4v) is 5.23. The number of amides is 1. The number of hydrogen-bond acceptors (Lipinski definition) is 5. The van der Waals surface area contributed by atoms with Crippen LogP contribution >= 0.6 is 23.1 Å². The number of anilines is 1. The number of aromatic nitrogens is 2. The zero-order valence-corrected chi connectivity index (χ0v) is 17.3. The van der Waals surface area contributed by atoms with Gasteiger partial charge >= 0.3 is 0 Å². The van der Waals surface area contributed by atoms with Gasteiger partial charge in [-0.05, 0) is 43.2 Å². The van der Waals surface area contributed by atoms with Gasteiger partial charge in [0, 0.05) is 11.7 Å². The number of carbonyl (C=O) groups excluding carboxylic acids is 1. The van der Waals surface area contributed by atoms with Gasteiger partial charge in [-0.15, -0.1) is 10.2 Å². The maximum absolute atomic E-state index is 13.7. The van der Waals surface area contributed by atoms with Gasteiger partial charge in [0.2, 0.25) is 11.0 Å². The summed E-state index contributed by atoms with van der Waals surface area (Å²) in [5.41, 5.74) is 0.642. The predicted molar refractivity (Wildman–Crippen MR) is 109 cm³/mol. The molecule has 0 bridgehead atoms. The van der Waals surface area contributed by atoms with Crippen molar-refractivity contribution in [2.75, 3.05) is 5.32 Å². The highest BCUT2D eigenvalue weighted by molar-refractivity contribution is 8.00. The molecule has 0 aliphatic heterocycles. The average molecular weight is 408 g/mol. The van der Waals surface area contributed by atoms with Crippen molar-refractivity contribution in [3.63, 3.8) is 0 Å². The summed E-state index contributed by atoms with van der Waals surface area (Å²) in [6.45, 7) is 2.23. The van der Waals surface area contributed by atoms with Gasteiger partial charge in [-0.3, -0.25) is 4.79 Å². The summed E-state index contributed by atoms with van der Waals surface area (Å²) in [7, 11) is 0. The average Bonchev–Trinajstić information content (AvgIpc) is 3.13. The molecule has 0 unspecified atom stereocenters. The Bertz CT molecular complexity index is 744. The Morgan fingerprint density at radius 3 is 2.78 bits per heavy atom. The topological polar surface area (TPSA) is 54.9 Å². The second kappa shape index (κ2) is 10.2. The highest BCUT2D eigenvalue weighted by atomic mass is 32.2. The van der Waals surface area contributed by atoms with E-state index in [0.29, 0.717) is 16.4 Å². The predicted octanol–water partition coefficient (Wildman–Crippen LogP) is 5.90. The number of halogens is 1. The lowest BCUT2D eigenvalue weighted by molar-refractivity contribution is -0.121. The standard InChI is InChI=1S/C20H26FN3OS2/c1-2-3-6-14-9-11-15(12-10-14)18(25)22-19-23-24-20(27-19)26-13-16-7-4-5-8-17(16)21/h4-5,7-8,14-15H,2-3,6,9-13H2,1H3,(H,22,23,25). The van der Waals surface area contributed by atoms with Gasteiger partial charge in [0.15, 0.2) is 4.34 Å². The molecule has 1 fully saturated rings. The van der Waals surface area contributed by atoms with Crippen molar-refractivity contribution in [3.05, 3.63) is 35.6 Å². The van der Waals surface area contributed by atoms with E-state index in [1.807, 2.05) is 6.07 Å². The highest BCUT2D eigenvalue weighted by Gasteiger charge is 2.26. The molecule has 1 aliphatic rings. The van der Waals surface area contributed by atoms with E-state index in [9.17, 15) is 9.18 Å². The monoisotopic (exact) mass is 407 g/mol. The first-order valence-corrected chi connectivity index (χ1v) is 11.5. The minimum absolute atomic E-state index is 0.0609. The third kappa shape index (κ3) is 6.01. The minimum atomic E-state index is -0.211. The molecule has 1 aromatic carbocycles. The number of hydrogen-bond donors (Lipinski definition) is 1. The molecule has 1 aromatic heterocycles. The molecule has 1 aliphatic carbocycles. The fraction of sp³-hybridized carbons (Fsp3) is 0.550. The van der Waals surface area contributed by atoms with Crippen LogP contribution in [0.5, 0.6) is 0 Å². The summed E-state index contributed by atoms with van der Waals surface area (Å²) in [6, 6.07) is 6.72. The molecule has 2 aromatic rings. The normalized spacial score (nSPS) is 19.8. The summed E-state index contributed by atoms with van der Waals surface area (Å²) in [4.78, 5) is 12.5. The van der Waals surface area contributed by atoms with Gasteiger partial charge in [0.05, 0.1) is 0 Å². The largest absolute Gasteiger partial charge is 0.300 e. The van der Waals surface area contributed by atoms with Crippen LogP contribution in [0, 0.1) is 17.7 Å². The van der Waals surface area contributed by atoms with Crippen LogP contribution in [-0.4, -0.2) is 16.1 Å². The van der Waals surface area contributed by atoms with Gasteiger partial charge in [-0.1, -0.05) is 67.5 Å². The van der Waals surface area contributed by atoms with Crippen molar-refractivity contribution in [3.8, 4) is 0 Å². The molecular weight excluding hydrogens is 381 g/mol. The number of unbranched alkanes of at least 4 members (excludes halogenated alkanes) is 1. The molecule has 0 atom stereocenters. The van der Waals surface area contributed by atoms with Crippen molar-refractivity contribution >= 4 is 34.1 Å². The van der Waals surface area contributed by atoms with E-state index in [2.05, 4.69) is 22.4 Å². The molecule has 1 saturated carbocycles. The number of nitrogens with zero attached hydrogens (tertiary/aromatic N) is 2. The Morgan fingerprint density at radius 1 is 1.26 bits per heavy atom. The van der Waals surface area contributed by atoms with Gasteiger partial charge in [-0.25, -0.2) is 4.39 Å². The molecule has 146 valence electrons. The van der Waals surface area contributed by atoms with Crippen LogP contribution in [-0.2, 0) is 10.5 Å². The first-order chi connectivity index (χ1) is 13.2. The second-order valence-corrected chi connectivity index (χ2v) is 9.30. The van der Waals surface area contributed by atoms with E-state index in [1.54, 1.807) is 12.1 Å². The van der Waals surface area contributed by atoms with E-state index in [0.717, 1.165) is 35.9 Å². The smallest absolute Gasteiger partial charge is 0.229 e. The van der Waals surface area contributed by atoms with Crippen molar-refractivity contribution in [1.82, 2.24) is 10.2 Å². The van der Waals surface area contributed by atoms with Crippen molar-refractivity contribution in [2.24, 2.45) is 11.8 Å². The van der Waals surface area contributed by atoms with Crippen LogP contribution in [0.25, 0.3) is 0 Å².